The Morgan fingerprint density at radius 2 is 2.05 bits per heavy atom. The van der Waals surface area contributed by atoms with E-state index in [1.165, 1.54) is 38.6 Å². The van der Waals surface area contributed by atoms with Gasteiger partial charge in [0.1, 0.15) is 5.75 Å². The summed E-state index contributed by atoms with van der Waals surface area (Å²) in [5.41, 5.74) is 1.07. The van der Waals surface area contributed by atoms with Crippen LogP contribution in [0.15, 0.2) is 24.3 Å². The highest BCUT2D eigenvalue weighted by molar-refractivity contribution is 5.34. The van der Waals surface area contributed by atoms with Gasteiger partial charge in [0, 0.05) is 11.6 Å². The Morgan fingerprint density at radius 1 is 1.26 bits per heavy atom. The number of para-hydroxylation sites is 1. The molecule has 0 spiro atoms. The zero-order chi connectivity index (χ0) is 13.7. The second-order valence-corrected chi connectivity index (χ2v) is 5.86. The normalized spacial score (nSPS) is 22.9. The average Bonchev–Trinajstić information content (AvgIpc) is 2.65. The fourth-order valence-corrected chi connectivity index (χ4v) is 3.31. The first-order valence-electron chi connectivity index (χ1n) is 7.74. The highest BCUT2D eigenvalue weighted by Crippen LogP contribution is 2.31. The van der Waals surface area contributed by atoms with Gasteiger partial charge in [0.2, 0.25) is 0 Å². The molecular weight excluding hydrogens is 234 g/mol. The standard InChI is InChI=1S/C17H27NO/c1-3-7-15-8-6-12-18(13-11-15)14(2)16-9-4-5-10-17(16)19/h4-5,9-10,14-15,19H,3,6-8,11-13H2,1-2H3. The first-order chi connectivity index (χ1) is 9.22. The number of likely N-dealkylation sites (tertiary alicyclic amines) is 1. The van der Waals surface area contributed by atoms with Crippen molar-refractivity contribution in [2.24, 2.45) is 5.92 Å². The van der Waals surface area contributed by atoms with Crippen molar-refractivity contribution in [1.82, 2.24) is 4.90 Å². The predicted octanol–water partition coefficient (Wildman–Crippen LogP) is 4.36. The van der Waals surface area contributed by atoms with Crippen molar-refractivity contribution < 1.29 is 5.11 Å². The molecule has 1 aliphatic rings. The minimum absolute atomic E-state index is 0.321. The molecule has 1 heterocycles. The molecule has 0 aromatic heterocycles. The van der Waals surface area contributed by atoms with Gasteiger partial charge >= 0.3 is 0 Å². The van der Waals surface area contributed by atoms with Crippen LogP contribution in [-0.4, -0.2) is 23.1 Å². The zero-order valence-corrected chi connectivity index (χ0v) is 12.3. The third-order valence-corrected chi connectivity index (χ3v) is 4.51. The minimum atomic E-state index is 0.321. The van der Waals surface area contributed by atoms with Gasteiger partial charge in [-0.25, -0.2) is 0 Å². The summed E-state index contributed by atoms with van der Waals surface area (Å²) in [5, 5.41) is 9.99. The summed E-state index contributed by atoms with van der Waals surface area (Å²) >= 11 is 0. The van der Waals surface area contributed by atoms with Gasteiger partial charge in [0.15, 0.2) is 0 Å². The molecule has 0 radical (unpaired) electrons. The molecule has 0 saturated carbocycles. The van der Waals surface area contributed by atoms with Crippen molar-refractivity contribution >= 4 is 0 Å². The van der Waals surface area contributed by atoms with E-state index >= 15 is 0 Å². The number of hydrogen-bond donors (Lipinski definition) is 1. The summed E-state index contributed by atoms with van der Waals surface area (Å²) in [7, 11) is 0. The van der Waals surface area contributed by atoms with Crippen molar-refractivity contribution in [2.75, 3.05) is 13.1 Å². The monoisotopic (exact) mass is 261 g/mol. The van der Waals surface area contributed by atoms with Gasteiger partial charge < -0.3 is 5.11 Å². The molecule has 1 aliphatic heterocycles. The minimum Gasteiger partial charge on any atom is -0.508 e. The number of hydrogen-bond acceptors (Lipinski definition) is 2. The van der Waals surface area contributed by atoms with Gasteiger partial charge in [0.05, 0.1) is 0 Å². The first kappa shape index (κ1) is 14.4. The van der Waals surface area contributed by atoms with E-state index in [1.54, 1.807) is 6.07 Å². The molecule has 1 N–H and O–H groups in total. The van der Waals surface area contributed by atoms with E-state index < -0.39 is 0 Å². The highest BCUT2D eigenvalue weighted by atomic mass is 16.3. The maximum atomic E-state index is 9.99. The van der Waals surface area contributed by atoms with Crippen molar-refractivity contribution in [2.45, 2.75) is 52.0 Å². The van der Waals surface area contributed by atoms with Crippen LogP contribution in [0.3, 0.4) is 0 Å². The maximum Gasteiger partial charge on any atom is 0.120 e. The molecule has 0 aliphatic carbocycles. The van der Waals surface area contributed by atoms with Crippen molar-refractivity contribution in [3.8, 4) is 5.75 Å². The third-order valence-electron chi connectivity index (χ3n) is 4.51. The van der Waals surface area contributed by atoms with Crippen LogP contribution in [0.1, 0.15) is 57.6 Å². The number of phenolic OH excluding ortho intramolecular Hbond substituents is 1. The molecule has 2 atom stereocenters. The van der Waals surface area contributed by atoms with Crippen LogP contribution in [0.2, 0.25) is 0 Å². The fraction of sp³-hybridized carbons (Fsp3) is 0.647. The molecule has 2 heteroatoms. The molecule has 1 aromatic carbocycles. The van der Waals surface area contributed by atoms with Gasteiger partial charge in [-0.2, -0.15) is 0 Å². The summed E-state index contributed by atoms with van der Waals surface area (Å²) in [5.74, 6) is 1.34. The second-order valence-electron chi connectivity index (χ2n) is 5.86. The summed E-state index contributed by atoms with van der Waals surface area (Å²) < 4.78 is 0. The topological polar surface area (TPSA) is 23.5 Å². The third kappa shape index (κ3) is 3.73. The lowest BCUT2D eigenvalue weighted by Crippen LogP contribution is -2.28. The van der Waals surface area contributed by atoms with Gasteiger partial charge in [0.25, 0.3) is 0 Å². The van der Waals surface area contributed by atoms with E-state index in [0.717, 1.165) is 18.0 Å². The van der Waals surface area contributed by atoms with Gasteiger partial charge in [-0.05, 0) is 51.3 Å². The van der Waals surface area contributed by atoms with E-state index in [-0.39, 0.29) is 0 Å². The van der Waals surface area contributed by atoms with E-state index in [9.17, 15) is 5.11 Å². The van der Waals surface area contributed by atoms with Crippen LogP contribution in [0.5, 0.6) is 5.75 Å². The Hall–Kier alpha value is -1.02. The second kappa shape index (κ2) is 6.95. The van der Waals surface area contributed by atoms with Gasteiger partial charge in [-0.3, -0.25) is 4.90 Å². The molecule has 1 fully saturated rings. The number of phenols is 1. The predicted molar refractivity (Wildman–Crippen MR) is 80.3 cm³/mol. The number of rotatable bonds is 4. The highest BCUT2D eigenvalue weighted by Gasteiger charge is 2.22. The summed E-state index contributed by atoms with van der Waals surface area (Å²) in [4.78, 5) is 2.53. The maximum absolute atomic E-state index is 9.99. The number of benzene rings is 1. The Balaban J connectivity index is 2.00. The molecule has 19 heavy (non-hydrogen) atoms. The lowest BCUT2D eigenvalue weighted by atomic mass is 9.96. The first-order valence-corrected chi connectivity index (χ1v) is 7.74. The smallest absolute Gasteiger partial charge is 0.120 e. The van der Waals surface area contributed by atoms with Crippen molar-refractivity contribution in [3.63, 3.8) is 0 Å². The van der Waals surface area contributed by atoms with Crippen LogP contribution in [0.25, 0.3) is 0 Å². The van der Waals surface area contributed by atoms with Crippen LogP contribution in [0, 0.1) is 5.92 Å². The Labute approximate surface area is 117 Å². The zero-order valence-electron chi connectivity index (χ0n) is 12.3. The molecule has 0 amide bonds. The number of nitrogens with zero attached hydrogens (tertiary/aromatic N) is 1. The van der Waals surface area contributed by atoms with Crippen LogP contribution < -0.4 is 0 Å². The van der Waals surface area contributed by atoms with Crippen molar-refractivity contribution in [3.05, 3.63) is 29.8 Å². The van der Waals surface area contributed by atoms with E-state index in [4.69, 9.17) is 0 Å². The van der Waals surface area contributed by atoms with Gasteiger partial charge in [-0.15, -0.1) is 0 Å². The van der Waals surface area contributed by atoms with Gasteiger partial charge in [-0.1, -0.05) is 38.0 Å². The molecule has 2 rings (SSSR count). The molecular formula is C17H27NO. The van der Waals surface area contributed by atoms with E-state index in [2.05, 4.69) is 24.8 Å². The van der Waals surface area contributed by atoms with E-state index in [1.807, 2.05) is 12.1 Å². The molecule has 106 valence electrons. The van der Waals surface area contributed by atoms with Crippen LogP contribution in [0.4, 0.5) is 0 Å². The summed E-state index contributed by atoms with van der Waals surface area (Å²) in [6.45, 7) is 6.83. The lowest BCUT2D eigenvalue weighted by molar-refractivity contribution is 0.212. The lowest BCUT2D eigenvalue weighted by Gasteiger charge is -2.28. The summed E-state index contributed by atoms with van der Waals surface area (Å²) in [6, 6.07) is 8.08. The Morgan fingerprint density at radius 3 is 2.79 bits per heavy atom. The van der Waals surface area contributed by atoms with E-state index in [0.29, 0.717) is 11.8 Å². The SMILES string of the molecule is CCCC1CCCN(C(C)c2ccccc2O)CC1. The molecule has 1 aromatic rings. The number of aromatic hydroxyl groups is 1. The van der Waals surface area contributed by atoms with Crippen molar-refractivity contribution in [1.29, 1.82) is 0 Å². The molecule has 1 saturated heterocycles. The average molecular weight is 261 g/mol. The molecule has 2 unspecified atom stereocenters. The Bertz CT molecular complexity index is 391. The quantitative estimate of drug-likeness (QED) is 0.870. The fourth-order valence-electron chi connectivity index (χ4n) is 3.31. The van der Waals surface area contributed by atoms with Crippen LogP contribution >= 0.6 is 0 Å². The van der Waals surface area contributed by atoms with Crippen LogP contribution in [-0.2, 0) is 0 Å². The molecule has 2 nitrogen and oxygen atoms in total. The summed E-state index contributed by atoms with van der Waals surface area (Å²) in [6.07, 6.45) is 6.66. The Kier molecular flexibility index (Phi) is 5.26. The largest absolute Gasteiger partial charge is 0.508 e. The molecule has 0 bridgehead atoms.